The van der Waals surface area contributed by atoms with Gasteiger partial charge in [-0.1, -0.05) is 58.0 Å². The fraction of sp³-hybridized carbons (Fsp3) is 0.700. The Bertz CT molecular complexity index is 333. The number of hydrogen-bond acceptors (Lipinski definition) is 1. The molecule has 0 aliphatic carbocycles. The summed E-state index contributed by atoms with van der Waals surface area (Å²) in [5.74, 6) is 0.551. The average Bonchev–Trinajstić information content (AvgIpc) is 2.50. The molecule has 1 rings (SSSR count). The van der Waals surface area contributed by atoms with Gasteiger partial charge in [0.1, 0.15) is 0 Å². The summed E-state index contributed by atoms with van der Waals surface area (Å²) in [6, 6.07) is 10.2. The van der Waals surface area contributed by atoms with Crippen LogP contribution < -0.4 is 0 Å². The SMILES string of the molecule is CC(C)C(O)(Cc1ccccc1)C(C)C.C[N-]C.C[N-]C.C[N-]C.[Ti+3]. The summed E-state index contributed by atoms with van der Waals surface area (Å²) in [6.45, 7) is 8.35. The molecule has 4 nitrogen and oxygen atoms in total. The molecule has 5 heteroatoms. The van der Waals surface area contributed by atoms with Crippen LogP contribution in [0.1, 0.15) is 33.3 Å². The Kier molecular flexibility index (Phi) is 28.3. The topological polar surface area (TPSA) is 62.5 Å². The molecule has 0 spiro atoms. The van der Waals surface area contributed by atoms with Gasteiger partial charge in [-0.2, -0.15) is 42.3 Å². The number of aliphatic hydroxyl groups is 1. The molecular weight excluding hydrogens is 346 g/mol. The van der Waals surface area contributed by atoms with Gasteiger partial charge in [0.15, 0.2) is 0 Å². The molecule has 0 bridgehead atoms. The van der Waals surface area contributed by atoms with E-state index in [-0.39, 0.29) is 33.6 Å². The maximum atomic E-state index is 10.6. The molecule has 0 unspecified atom stereocenters. The van der Waals surface area contributed by atoms with Gasteiger partial charge in [-0.25, -0.2) is 0 Å². The van der Waals surface area contributed by atoms with Crippen LogP contribution in [0.25, 0.3) is 16.0 Å². The van der Waals surface area contributed by atoms with Gasteiger partial charge < -0.3 is 21.1 Å². The molecule has 0 atom stereocenters. The maximum absolute atomic E-state index is 10.6. The van der Waals surface area contributed by atoms with Crippen molar-refractivity contribution in [3.05, 3.63) is 51.8 Å². The molecule has 25 heavy (non-hydrogen) atoms. The van der Waals surface area contributed by atoms with Crippen molar-refractivity contribution < 1.29 is 26.8 Å². The summed E-state index contributed by atoms with van der Waals surface area (Å²) >= 11 is 0. The Morgan fingerprint density at radius 1 is 0.760 bits per heavy atom. The second-order valence-corrected chi connectivity index (χ2v) is 6.30. The van der Waals surface area contributed by atoms with Crippen molar-refractivity contribution in [2.24, 2.45) is 11.8 Å². The smallest absolute Gasteiger partial charge is 0.668 e. The standard InChI is InChI=1S/C14H22O.3C2H6N.Ti/c1-11(2)14(15,12(3)4)10-13-8-6-5-7-9-13;3*1-3-2;/h5-9,11-12,15H,10H2,1-4H3;3*1-2H3;/q;3*-1;+3. The Balaban J connectivity index is -0.000000186. The Morgan fingerprint density at radius 3 is 1.28 bits per heavy atom. The van der Waals surface area contributed by atoms with Gasteiger partial charge >= 0.3 is 21.7 Å². The summed E-state index contributed by atoms with van der Waals surface area (Å²) in [6.07, 6.45) is 0.739. The van der Waals surface area contributed by atoms with E-state index in [4.69, 9.17) is 0 Å². The molecule has 0 aliphatic rings. The van der Waals surface area contributed by atoms with E-state index in [0.717, 1.165) is 6.42 Å². The summed E-state index contributed by atoms with van der Waals surface area (Å²) < 4.78 is 0. The van der Waals surface area contributed by atoms with Gasteiger partial charge in [0.05, 0.1) is 5.60 Å². The van der Waals surface area contributed by atoms with Gasteiger partial charge in [-0.05, 0) is 17.4 Å². The van der Waals surface area contributed by atoms with Gasteiger partial charge in [0.25, 0.3) is 0 Å². The van der Waals surface area contributed by atoms with E-state index in [1.165, 1.54) is 5.56 Å². The Labute approximate surface area is 172 Å². The first-order valence-corrected chi connectivity index (χ1v) is 8.41. The zero-order chi connectivity index (χ0) is 19.6. The predicted octanol–water partition coefficient (Wildman–Crippen LogP) is 5.13. The van der Waals surface area contributed by atoms with Crippen LogP contribution in [-0.2, 0) is 28.1 Å². The monoisotopic (exact) mass is 386 g/mol. The number of hydrogen-bond donors (Lipinski definition) is 1. The van der Waals surface area contributed by atoms with Crippen LogP contribution in [-0.4, -0.2) is 53.0 Å². The van der Waals surface area contributed by atoms with Crippen molar-refractivity contribution in [1.82, 2.24) is 0 Å². The fourth-order valence-electron chi connectivity index (χ4n) is 2.00. The van der Waals surface area contributed by atoms with Crippen molar-refractivity contribution in [2.75, 3.05) is 42.3 Å². The summed E-state index contributed by atoms with van der Waals surface area (Å²) in [5.41, 5.74) is 0.615. The molecule has 145 valence electrons. The molecule has 0 heterocycles. The fourth-order valence-corrected chi connectivity index (χ4v) is 2.00. The van der Waals surface area contributed by atoms with Crippen LogP contribution in [0.15, 0.2) is 30.3 Å². The average molecular weight is 386 g/mol. The zero-order valence-electron chi connectivity index (χ0n) is 18.0. The quantitative estimate of drug-likeness (QED) is 0.717. The second kappa shape index (κ2) is 21.8. The maximum Gasteiger partial charge on any atom is 3.00 e. The molecular formula is C20H40N3OTi. The number of rotatable bonds is 4. The van der Waals surface area contributed by atoms with E-state index in [1.54, 1.807) is 42.3 Å². The van der Waals surface area contributed by atoms with Gasteiger partial charge in [0.2, 0.25) is 0 Å². The van der Waals surface area contributed by atoms with Crippen LogP contribution in [0.4, 0.5) is 0 Å². The largest absolute Gasteiger partial charge is 3.00 e. The van der Waals surface area contributed by atoms with Crippen LogP contribution in [0, 0.1) is 11.8 Å². The zero-order valence-corrected chi connectivity index (χ0v) is 19.6. The predicted molar refractivity (Wildman–Crippen MR) is 110 cm³/mol. The van der Waals surface area contributed by atoms with Gasteiger partial charge in [0, 0.05) is 6.42 Å². The molecule has 0 aliphatic heterocycles. The summed E-state index contributed by atoms with van der Waals surface area (Å²) in [7, 11) is 10.5. The minimum absolute atomic E-state index is 0. The molecule has 0 saturated heterocycles. The Hall–Kier alpha value is -0.226. The van der Waals surface area contributed by atoms with Crippen molar-refractivity contribution in [3.63, 3.8) is 0 Å². The van der Waals surface area contributed by atoms with Crippen molar-refractivity contribution in [2.45, 2.75) is 39.7 Å². The first-order valence-electron chi connectivity index (χ1n) is 8.41. The van der Waals surface area contributed by atoms with Crippen LogP contribution in [0.3, 0.4) is 0 Å². The van der Waals surface area contributed by atoms with E-state index in [9.17, 15) is 5.11 Å². The number of benzene rings is 1. The third-order valence-corrected chi connectivity index (χ3v) is 3.33. The first-order chi connectivity index (χ1) is 11.2. The third-order valence-electron chi connectivity index (χ3n) is 3.33. The van der Waals surface area contributed by atoms with Crippen LogP contribution in [0.2, 0.25) is 0 Å². The molecule has 0 amide bonds. The molecule has 1 N–H and O–H groups in total. The number of nitrogens with zero attached hydrogens (tertiary/aromatic N) is 3. The van der Waals surface area contributed by atoms with E-state index < -0.39 is 5.60 Å². The molecule has 0 fully saturated rings. The van der Waals surface area contributed by atoms with E-state index >= 15 is 0 Å². The molecule has 1 aromatic carbocycles. The molecule has 0 aromatic heterocycles. The van der Waals surface area contributed by atoms with Crippen molar-refractivity contribution in [3.8, 4) is 0 Å². The third kappa shape index (κ3) is 18.4. The first kappa shape index (κ1) is 32.4. The van der Waals surface area contributed by atoms with Crippen molar-refractivity contribution in [1.29, 1.82) is 0 Å². The van der Waals surface area contributed by atoms with Crippen molar-refractivity contribution >= 4 is 0 Å². The van der Waals surface area contributed by atoms with Gasteiger partial charge in [-0.3, -0.25) is 0 Å². The molecule has 0 saturated carbocycles. The van der Waals surface area contributed by atoms with E-state index in [0.29, 0.717) is 0 Å². The van der Waals surface area contributed by atoms with Crippen LogP contribution in [0.5, 0.6) is 0 Å². The minimum Gasteiger partial charge on any atom is -0.668 e. The molecule has 1 radical (unpaired) electrons. The summed E-state index contributed by atoms with van der Waals surface area (Å²) in [5, 5.41) is 21.1. The second-order valence-electron chi connectivity index (χ2n) is 6.30. The van der Waals surface area contributed by atoms with Crippen LogP contribution >= 0.6 is 0 Å². The summed E-state index contributed by atoms with van der Waals surface area (Å²) in [4.78, 5) is 0. The van der Waals surface area contributed by atoms with Gasteiger partial charge in [-0.15, -0.1) is 0 Å². The van der Waals surface area contributed by atoms with E-state index in [1.807, 2.05) is 18.2 Å². The van der Waals surface area contributed by atoms with E-state index in [2.05, 4.69) is 55.8 Å². The normalized spacial score (nSPS) is 9.64. The minimum atomic E-state index is -0.596. The Morgan fingerprint density at radius 2 is 1.04 bits per heavy atom. The molecule has 1 aromatic rings.